The van der Waals surface area contributed by atoms with Crippen molar-refractivity contribution in [3.63, 3.8) is 0 Å². The molecule has 1 aliphatic heterocycles. The first kappa shape index (κ1) is 18.5. The molecule has 2 amide bonds. The van der Waals surface area contributed by atoms with E-state index >= 15 is 0 Å². The number of nitrogens with zero attached hydrogens (tertiary/aromatic N) is 2. The average Bonchev–Trinajstić information content (AvgIpc) is 3.03. The van der Waals surface area contributed by atoms with E-state index in [2.05, 4.69) is 0 Å². The second kappa shape index (κ2) is 8.92. The zero-order chi connectivity index (χ0) is 18.4. The van der Waals surface area contributed by atoms with Crippen LogP contribution in [0.15, 0.2) is 24.3 Å². The van der Waals surface area contributed by atoms with E-state index in [-0.39, 0.29) is 12.0 Å². The van der Waals surface area contributed by atoms with Gasteiger partial charge >= 0.3 is 6.09 Å². The number of benzene rings is 1. The van der Waals surface area contributed by atoms with Crippen molar-refractivity contribution < 1.29 is 19.1 Å². The van der Waals surface area contributed by atoms with E-state index in [0.717, 1.165) is 25.0 Å². The summed E-state index contributed by atoms with van der Waals surface area (Å²) in [5, 5.41) is 0. The zero-order valence-electron chi connectivity index (χ0n) is 15.5. The second-order valence-corrected chi connectivity index (χ2v) is 6.88. The highest BCUT2D eigenvalue weighted by molar-refractivity contribution is 5.94. The lowest BCUT2D eigenvalue weighted by Crippen LogP contribution is -2.37. The Labute approximate surface area is 155 Å². The van der Waals surface area contributed by atoms with Crippen molar-refractivity contribution in [1.29, 1.82) is 0 Å². The number of hydrogen-bond acceptors (Lipinski definition) is 4. The summed E-state index contributed by atoms with van der Waals surface area (Å²) in [6.45, 7) is 4.47. The van der Waals surface area contributed by atoms with Gasteiger partial charge in [-0.3, -0.25) is 4.79 Å². The van der Waals surface area contributed by atoms with Gasteiger partial charge in [-0.15, -0.1) is 0 Å². The summed E-state index contributed by atoms with van der Waals surface area (Å²) in [6, 6.07) is 7.43. The monoisotopic (exact) mass is 360 g/mol. The Kier molecular flexibility index (Phi) is 6.36. The molecule has 0 radical (unpaired) electrons. The summed E-state index contributed by atoms with van der Waals surface area (Å²) < 4.78 is 11.0. The standard InChI is InChI=1S/C20H28N2O4/c1-2-25-20(24)22-13-5-12-21(14-15-22)19(23)16-8-10-18(11-9-16)26-17-6-3-4-7-17/h8-11,17H,2-7,12-15H2,1H3. The lowest BCUT2D eigenvalue weighted by Gasteiger charge is -2.22. The number of ether oxygens (including phenoxy) is 2. The van der Waals surface area contributed by atoms with Gasteiger partial charge in [0.15, 0.2) is 0 Å². The van der Waals surface area contributed by atoms with Crippen LogP contribution in [0.1, 0.15) is 49.4 Å². The molecule has 1 aromatic rings. The predicted molar refractivity (Wildman–Crippen MR) is 98.4 cm³/mol. The Morgan fingerprint density at radius 1 is 0.962 bits per heavy atom. The number of carbonyl (C=O) groups is 2. The molecule has 2 aliphatic rings. The second-order valence-electron chi connectivity index (χ2n) is 6.88. The Bertz CT molecular complexity index is 611. The maximum Gasteiger partial charge on any atom is 0.409 e. The van der Waals surface area contributed by atoms with Crippen LogP contribution < -0.4 is 4.74 Å². The van der Waals surface area contributed by atoms with Crippen molar-refractivity contribution in [2.24, 2.45) is 0 Å². The molecule has 0 N–H and O–H groups in total. The topological polar surface area (TPSA) is 59.1 Å². The van der Waals surface area contributed by atoms with Gasteiger partial charge in [-0.2, -0.15) is 0 Å². The molecule has 3 rings (SSSR count). The minimum Gasteiger partial charge on any atom is -0.490 e. The van der Waals surface area contributed by atoms with Crippen molar-refractivity contribution in [3.05, 3.63) is 29.8 Å². The van der Waals surface area contributed by atoms with Crippen LogP contribution in [-0.4, -0.2) is 60.7 Å². The normalized spacial score (nSPS) is 18.5. The maximum atomic E-state index is 12.8. The fourth-order valence-corrected chi connectivity index (χ4v) is 3.58. The molecule has 1 saturated carbocycles. The fraction of sp³-hybridized carbons (Fsp3) is 0.600. The van der Waals surface area contributed by atoms with E-state index in [9.17, 15) is 9.59 Å². The third-order valence-electron chi connectivity index (χ3n) is 5.02. The van der Waals surface area contributed by atoms with Gasteiger partial charge in [-0.1, -0.05) is 0 Å². The zero-order valence-corrected chi connectivity index (χ0v) is 15.5. The van der Waals surface area contributed by atoms with Crippen molar-refractivity contribution in [2.75, 3.05) is 32.8 Å². The molecular formula is C20H28N2O4. The molecule has 0 atom stereocenters. The lowest BCUT2D eigenvalue weighted by atomic mass is 10.2. The number of hydrogen-bond donors (Lipinski definition) is 0. The minimum absolute atomic E-state index is 0.00289. The van der Waals surface area contributed by atoms with Crippen LogP contribution >= 0.6 is 0 Å². The average molecular weight is 360 g/mol. The van der Waals surface area contributed by atoms with E-state index in [4.69, 9.17) is 9.47 Å². The molecule has 26 heavy (non-hydrogen) atoms. The highest BCUT2D eigenvalue weighted by atomic mass is 16.6. The minimum atomic E-state index is -0.296. The Morgan fingerprint density at radius 3 is 2.31 bits per heavy atom. The van der Waals surface area contributed by atoms with Crippen molar-refractivity contribution >= 4 is 12.0 Å². The number of amides is 2. The van der Waals surface area contributed by atoms with Gasteiger partial charge in [0.25, 0.3) is 5.91 Å². The predicted octanol–water partition coefficient (Wildman–Crippen LogP) is 3.31. The quantitative estimate of drug-likeness (QED) is 0.826. The largest absolute Gasteiger partial charge is 0.490 e. The van der Waals surface area contributed by atoms with Gasteiger partial charge in [-0.25, -0.2) is 4.79 Å². The third kappa shape index (κ3) is 4.68. The van der Waals surface area contributed by atoms with Crippen molar-refractivity contribution in [3.8, 4) is 5.75 Å². The molecule has 0 bridgehead atoms. The molecule has 6 nitrogen and oxygen atoms in total. The highest BCUT2D eigenvalue weighted by Crippen LogP contribution is 2.24. The molecule has 1 heterocycles. The van der Waals surface area contributed by atoms with E-state index in [1.54, 1.807) is 11.8 Å². The summed E-state index contributed by atoms with van der Waals surface area (Å²) in [6.07, 6.45) is 5.48. The van der Waals surface area contributed by atoms with Crippen LogP contribution in [0.2, 0.25) is 0 Å². The SMILES string of the molecule is CCOC(=O)N1CCCN(C(=O)c2ccc(OC3CCCC3)cc2)CC1. The van der Waals surface area contributed by atoms with Crippen LogP contribution in [-0.2, 0) is 4.74 Å². The van der Waals surface area contributed by atoms with E-state index in [1.807, 2.05) is 29.2 Å². The summed E-state index contributed by atoms with van der Waals surface area (Å²) in [7, 11) is 0. The summed E-state index contributed by atoms with van der Waals surface area (Å²) in [4.78, 5) is 28.1. The highest BCUT2D eigenvalue weighted by Gasteiger charge is 2.23. The van der Waals surface area contributed by atoms with E-state index in [0.29, 0.717) is 44.5 Å². The first-order valence-electron chi connectivity index (χ1n) is 9.65. The molecule has 1 aliphatic carbocycles. The third-order valence-corrected chi connectivity index (χ3v) is 5.02. The van der Waals surface area contributed by atoms with Gasteiger partial charge in [0, 0.05) is 31.7 Å². The van der Waals surface area contributed by atoms with E-state index < -0.39 is 0 Å². The number of carbonyl (C=O) groups excluding carboxylic acids is 2. The van der Waals surface area contributed by atoms with Crippen LogP contribution in [0.25, 0.3) is 0 Å². The Morgan fingerprint density at radius 2 is 1.62 bits per heavy atom. The maximum absolute atomic E-state index is 12.8. The molecule has 142 valence electrons. The molecule has 0 aromatic heterocycles. The Hall–Kier alpha value is -2.24. The van der Waals surface area contributed by atoms with Crippen molar-refractivity contribution in [2.45, 2.75) is 45.1 Å². The summed E-state index contributed by atoms with van der Waals surface area (Å²) in [5.74, 6) is 0.834. The van der Waals surface area contributed by atoms with E-state index in [1.165, 1.54) is 12.8 Å². The van der Waals surface area contributed by atoms with Crippen LogP contribution in [0.5, 0.6) is 5.75 Å². The van der Waals surface area contributed by atoms with Gasteiger partial charge in [-0.05, 0) is 63.3 Å². The molecule has 0 unspecified atom stereocenters. The molecule has 1 aromatic carbocycles. The molecule has 1 saturated heterocycles. The summed E-state index contributed by atoms with van der Waals surface area (Å²) >= 11 is 0. The van der Waals surface area contributed by atoms with Crippen LogP contribution in [0, 0.1) is 0 Å². The first-order valence-corrected chi connectivity index (χ1v) is 9.65. The number of rotatable bonds is 4. The first-order chi connectivity index (χ1) is 12.7. The fourth-order valence-electron chi connectivity index (χ4n) is 3.58. The smallest absolute Gasteiger partial charge is 0.409 e. The molecule has 2 fully saturated rings. The van der Waals surface area contributed by atoms with Gasteiger partial charge in [0.05, 0.1) is 12.7 Å². The molecule has 0 spiro atoms. The van der Waals surface area contributed by atoms with Crippen molar-refractivity contribution in [1.82, 2.24) is 9.80 Å². The molecule has 6 heteroatoms. The summed E-state index contributed by atoms with van der Waals surface area (Å²) in [5.41, 5.74) is 0.661. The molecular weight excluding hydrogens is 332 g/mol. The Balaban J connectivity index is 1.55. The van der Waals surface area contributed by atoms with Crippen LogP contribution in [0.4, 0.5) is 4.79 Å². The lowest BCUT2D eigenvalue weighted by molar-refractivity contribution is 0.0753. The van der Waals surface area contributed by atoms with Gasteiger partial charge < -0.3 is 19.3 Å². The van der Waals surface area contributed by atoms with Crippen LogP contribution in [0.3, 0.4) is 0 Å². The van der Waals surface area contributed by atoms with Gasteiger partial charge in [0.1, 0.15) is 5.75 Å². The van der Waals surface area contributed by atoms with Gasteiger partial charge in [0.2, 0.25) is 0 Å².